The lowest BCUT2D eigenvalue weighted by atomic mass is 9.98. The Kier molecular flexibility index (Phi) is 1.65. The Morgan fingerprint density at radius 3 is 1.47 bits per heavy atom. The first kappa shape index (κ1) is 9.20. The topological polar surface area (TPSA) is 18.5 Å². The molecule has 2 nitrogen and oxygen atoms in total. The zero-order valence-electron chi connectivity index (χ0n) is 9.61. The molecule has 0 heterocycles. The zero-order chi connectivity index (χ0) is 10.2. The summed E-state index contributed by atoms with van der Waals surface area (Å²) < 4.78 is 12.0. The second kappa shape index (κ2) is 2.69. The Morgan fingerprint density at radius 1 is 0.800 bits per heavy atom. The molecule has 0 aromatic heterocycles. The lowest BCUT2D eigenvalue weighted by Crippen LogP contribution is -2.55. The van der Waals surface area contributed by atoms with Gasteiger partial charge in [0.1, 0.15) is 0 Å². The van der Waals surface area contributed by atoms with E-state index in [1.807, 2.05) is 14.2 Å². The van der Waals surface area contributed by atoms with Gasteiger partial charge >= 0.3 is 8.56 Å². The molecule has 4 aliphatic carbocycles. The largest absolute Gasteiger partial charge is 0.397 e. The van der Waals surface area contributed by atoms with Gasteiger partial charge in [-0.3, -0.25) is 0 Å². The molecule has 0 spiro atoms. The SMILES string of the molecule is CO[Si](OC)(C1CC2CC21)C1CC2CC21. The van der Waals surface area contributed by atoms with Crippen LogP contribution in [0.15, 0.2) is 0 Å². The minimum atomic E-state index is -1.82. The van der Waals surface area contributed by atoms with Crippen LogP contribution in [0.2, 0.25) is 11.1 Å². The van der Waals surface area contributed by atoms with Gasteiger partial charge in [0, 0.05) is 25.3 Å². The van der Waals surface area contributed by atoms with E-state index in [-0.39, 0.29) is 0 Å². The van der Waals surface area contributed by atoms with Gasteiger partial charge < -0.3 is 8.85 Å². The van der Waals surface area contributed by atoms with Crippen molar-refractivity contribution in [3.8, 4) is 0 Å². The van der Waals surface area contributed by atoms with Gasteiger partial charge in [-0.1, -0.05) is 0 Å². The average molecular weight is 224 g/mol. The maximum atomic E-state index is 6.01. The minimum absolute atomic E-state index is 0.851. The molecule has 6 unspecified atom stereocenters. The van der Waals surface area contributed by atoms with Crippen LogP contribution in [0.4, 0.5) is 0 Å². The molecule has 15 heavy (non-hydrogen) atoms. The Bertz CT molecular complexity index is 276. The van der Waals surface area contributed by atoms with Crippen molar-refractivity contribution < 1.29 is 8.85 Å². The van der Waals surface area contributed by atoms with Crippen LogP contribution in [-0.4, -0.2) is 22.8 Å². The summed E-state index contributed by atoms with van der Waals surface area (Å²) in [6.07, 6.45) is 5.80. The normalized spacial score (nSPS) is 54.8. The van der Waals surface area contributed by atoms with Gasteiger partial charge in [-0.25, -0.2) is 0 Å². The predicted octanol–water partition coefficient (Wildman–Crippen LogP) is 2.54. The molecule has 0 aromatic carbocycles. The third-order valence-corrected chi connectivity index (χ3v) is 10.4. The van der Waals surface area contributed by atoms with Crippen LogP contribution in [0.5, 0.6) is 0 Å². The summed E-state index contributed by atoms with van der Waals surface area (Å²) in [6, 6.07) is 0. The van der Waals surface area contributed by atoms with Crippen LogP contribution in [0.25, 0.3) is 0 Å². The fourth-order valence-electron chi connectivity index (χ4n) is 4.57. The van der Waals surface area contributed by atoms with E-state index in [4.69, 9.17) is 8.85 Å². The molecule has 0 saturated heterocycles. The van der Waals surface area contributed by atoms with Crippen LogP contribution >= 0.6 is 0 Å². The van der Waals surface area contributed by atoms with Crippen LogP contribution in [0.1, 0.15) is 25.7 Å². The lowest BCUT2D eigenvalue weighted by molar-refractivity contribution is 0.170. The van der Waals surface area contributed by atoms with Crippen molar-refractivity contribution in [2.45, 2.75) is 36.8 Å². The summed E-state index contributed by atoms with van der Waals surface area (Å²) in [6.45, 7) is 0. The van der Waals surface area contributed by atoms with Gasteiger partial charge in [0.15, 0.2) is 0 Å². The van der Waals surface area contributed by atoms with Crippen molar-refractivity contribution >= 4 is 8.56 Å². The quantitative estimate of drug-likeness (QED) is 0.683. The summed E-state index contributed by atoms with van der Waals surface area (Å²) in [5.74, 6) is 4.16. The van der Waals surface area contributed by atoms with E-state index in [2.05, 4.69) is 0 Å². The minimum Gasteiger partial charge on any atom is -0.397 e. The molecular weight excluding hydrogens is 204 g/mol. The van der Waals surface area contributed by atoms with Crippen molar-refractivity contribution in [3.63, 3.8) is 0 Å². The van der Waals surface area contributed by atoms with Crippen LogP contribution in [-0.2, 0) is 8.85 Å². The molecule has 4 fully saturated rings. The smallest absolute Gasteiger partial charge is 0.344 e. The molecular formula is C12H20O2Si. The Labute approximate surface area is 92.6 Å². The van der Waals surface area contributed by atoms with Crippen LogP contribution in [0, 0.1) is 23.7 Å². The molecule has 3 heteroatoms. The average Bonchev–Trinajstić information content (AvgIpc) is 3.04. The van der Waals surface area contributed by atoms with Crippen molar-refractivity contribution in [1.82, 2.24) is 0 Å². The van der Waals surface area contributed by atoms with E-state index in [0.717, 1.165) is 34.8 Å². The first-order chi connectivity index (χ1) is 7.30. The summed E-state index contributed by atoms with van der Waals surface area (Å²) >= 11 is 0. The van der Waals surface area contributed by atoms with Crippen LogP contribution < -0.4 is 0 Å². The molecule has 4 aliphatic rings. The van der Waals surface area contributed by atoms with Crippen molar-refractivity contribution in [1.29, 1.82) is 0 Å². The number of rotatable bonds is 4. The van der Waals surface area contributed by atoms with Gasteiger partial charge in [-0.05, 0) is 49.4 Å². The highest BCUT2D eigenvalue weighted by Crippen LogP contribution is 2.74. The summed E-state index contributed by atoms with van der Waals surface area (Å²) in [7, 11) is 2.02. The Hall–Kier alpha value is 0.137. The van der Waals surface area contributed by atoms with Gasteiger partial charge in [0.25, 0.3) is 0 Å². The highest BCUT2D eigenvalue weighted by molar-refractivity contribution is 6.71. The third kappa shape index (κ3) is 0.978. The van der Waals surface area contributed by atoms with Crippen molar-refractivity contribution in [2.24, 2.45) is 23.7 Å². The molecule has 0 aromatic rings. The molecule has 4 saturated carbocycles. The summed E-state index contributed by atoms with van der Waals surface area (Å²) in [5.41, 5.74) is 1.70. The van der Waals surface area contributed by atoms with Gasteiger partial charge in [0.2, 0.25) is 0 Å². The third-order valence-electron chi connectivity index (χ3n) is 5.77. The predicted molar refractivity (Wildman–Crippen MR) is 59.7 cm³/mol. The monoisotopic (exact) mass is 224 g/mol. The number of hydrogen-bond donors (Lipinski definition) is 0. The van der Waals surface area contributed by atoms with E-state index in [1.165, 1.54) is 25.7 Å². The second-order valence-electron chi connectivity index (χ2n) is 6.13. The highest BCUT2D eigenvalue weighted by Gasteiger charge is 2.72. The van der Waals surface area contributed by atoms with E-state index in [1.54, 1.807) is 0 Å². The van der Waals surface area contributed by atoms with Crippen molar-refractivity contribution in [2.75, 3.05) is 14.2 Å². The Balaban J connectivity index is 1.60. The maximum Gasteiger partial charge on any atom is 0.344 e. The molecule has 0 aliphatic heterocycles. The first-order valence-corrected chi connectivity index (χ1v) is 8.37. The molecule has 0 radical (unpaired) electrons. The summed E-state index contributed by atoms with van der Waals surface area (Å²) in [4.78, 5) is 0. The number of hydrogen-bond acceptors (Lipinski definition) is 2. The Morgan fingerprint density at radius 2 is 1.27 bits per heavy atom. The second-order valence-corrected chi connectivity index (χ2v) is 9.88. The molecule has 0 amide bonds. The molecule has 0 N–H and O–H groups in total. The van der Waals surface area contributed by atoms with Gasteiger partial charge in [0.05, 0.1) is 0 Å². The fraction of sp³-hybridized carbons (Fsp3) is 1.00. The van der Waals surface area contributed by atoms with E-state index in [9.17, 15) is 0 Å². The van der Waals surface area contributed by atoms with Gasteiger partial charge in [-0.2, -0.15) is 0 Å². The molecule has 4 rings (SSSR count). The van der Waals surface area contributed by atoms with Crippen LogP contribution in [0.3, 0.4) is 0 Å². The van der Waals surface area contributed by atoms with E-state index < -0.39 is 8.56 Å². The molecule has 0 bridgehead atoms. The first-order valence-electron chi connectivity index (χ1n) is 6.40. The van der Waals surface area contributed by atoms with Crippen molar-refractivity contribution in [3.05, 3.63) is 0 Å². The maximum absolute atomic E-state index is 6.01. The highest BCUT2D eigenvalue weighted by atomic mass is 28.4. The van der Waals surface area contributed by atoms with Gasteiger partial charge in [-0.15, -0.1) is 0 Å². The standard InChI is InChI=1S/C12H20O2Si/c1-13-15(14-2,11-5-7-3-9(7)11)12-6-8-4-10(8)12/h7-12H,3-6H2,1-2H3. The lowest BCUT2D eigenvalue weighted by Gasteiger charge is -2.47. The van der Waals surface area contributed by atoms with E-state index >= 15 is 0 Å². The zero-order valence-corrected chi connectivity index (χ0v) is 10.6. The fourth-order valence-corrected chi connectivity index (χ4v) is 9.77. The molecule has 84 valence electrons. The number of fused-ring (bicyclic) bond motifs is 2. The molecule has 6 atom stereocenters. The summed E-state index contributed by atoms with van der Waals surface area (Å²) in [5, 5.41) is 0. The van der Waals surface area contributed by atoms with E-state index in [0.29, 0.717) is 0 Å².